The number of hydrogen-bond donors (Lipinski definition) is 1. The Bertz CT molecular complexity index is 629. The largest absolute Gasteiger partial charge is 0.383 e. The normalized spacial score (nSPS) is 23.9. The molecule has 0 aromatic carbocycles. The average Bonchev–Trinajstić information content (AvgIpc) is 2.66. The first-order valence-corrected chi connectivity index (χ1v) is 7.50. The van der Waals surface area contributed by atoms with Gasteiger partial charge in [0.1, 0.15) is 16.2 Å². The minimum Gasteiger partial charge on any atom is -0.383 e. The molecule has 0 radical (unpaired) electrons. The number of anilines is 1. The van der Waals surface area contributed by atoms with Gasteiger partial charge < -0.3 is 10.5 Å². The van der Waals surface area contributed by atoms with Crippen molar-refractivity contribution in [2.75, 3.05) is 12.3 Å². The zero-order valence-corrected chi connectivity index (χ0v) is 12.4. The molecule has 1 saturated heterocycles. The van der Waals surface area contributed by atoms with Crippen LogP contribution in [0.1, 0.15) is 42.5 Å². The van der Waals surface area contributed by atoms with Crippen LogP contribution < -0.4 is 5.73 Å². The summed E-state index contributed by atoms with van der Waals surface area (Å²) in [6.07, 6.45) is 3.23. The van der Waals surface area contributed by atoms with Gasteiger partial charge in [-0.15, -0.1) is 11.3 Å². The highest BCUT2D eigenvalue weighted by Crippen LogP contribution is 2.37. The molecule has 1 atom stereocenters. The SMILES string of the molecule is Cc1sc2nc(C3(C)CCCCO3)nc(N)c2c1C. The third kappa shape index (κ3) is 2.01. The first kappa shape index (κ1) is 12.8. The van der Waals surface area contributed by atoms with E-state index in [0.29, 0.717) is 5.82 Å². The fraction of sp³-hybridized carbons (Fsp3) is 0.571. The predicted molar refractivity (Wildman–Crippen MR) is 78.5 cm³/mol. The topological polar surface area (TPSA) is 61.0 Å². The number of aromatic nitrogens is 2. The highest BCUT2D eigenvalue weighted by atomic mass is 32.1. The van der Waals surface area contributed by atoms with E-state index in [1.807, 2.05) is 0 Å². The Hall–Kier alpha value is -1.20. The summed E-state index contributed by atoms with van der Waals surface area (Å²) in [7, 11) is 0. The summed E-state index contributed by atoms with van der Waals surface area (Å²) >= 11 is 1.68. The Morgan fingerprint density at radius 1 is 1.26 bits per heavy atom. The van der Waals surface area contributed by atoms with E-state index >= 15 is 0 Å². The molecule has 0 saturated carbocycles. The van der Waals surface area contributed by atoms with Gasteiger partial charge in [-0.05, 0) is 45.6 Å². The van der Waals surface area contributed by atoms with Gasteiger partial charge in [0.15, 0.2) is 5.82 Å². The van der Waals surface area contributed by atoms with Crippen LogP contribution in [0.3, 0.4) is 0 Å². The van der Waals surface area contributed by atoms with E-state index in [4.69, 9.17) is 15.5 Å². The van der Waals surface area contributed by atoms with Crippen LogP contribution in [0.15, 0.2) is 0 Å². The van der Waals surface area contributed by atoms with Crippen molar-refractivity contribution in [3.05, 3.63) is 16.3 Å². The lowest BCUT2D eigenvalue weighted by atomic mass is 9.95. The number of nitrogens with two attached hydrogens (primary N) is 1. The van der Waals surface area contributed by atoms with Crippen molar-refractivity contribution in [2.24, 2.45) is 0 Å². The summed E-state index contributed by atoms with van der Waals surface area (Å²) in [5.74, 6) is 1.32. The molecule has 1 aliphatic rings. The second-order valence-corrected chi connectivity index (χ2v) is 6.64. The summed E-state index contributed by atoms with van der Waals surface area (Å²) in [5, 5.41) is 1.01. The van der Waals surface area contributed by atoms with E-state index in [1.54, 1.807) is 11.3 Å². The summed E-state index contributed by atoms with van der Waals surface area (Å²) < 4.78 is 5.92. The van der Waals surface area contributed by atoms with Crippen LogP contribution in [0.4, 0.5) is 5.82 Å². The van der Waals surface area contributed by atoms with E-state index in [2.05, 4.69) is 25.8 Å². The Morgan fingerprint density at radius 2 is 2.05 bits per heavy atom. The highest BCUT2D eigenvalue weighted by molar-refractivity contribution is 7.18. The maximum atomic E-state index is 6.14. The summed E-state index contributed by atoms with van der Waals surface area (Å²) in [6, 6.07) is 0. The first-order chi connectivity index (χ1) is 9.01. The fourth-order valence-corrected chi connectivity index (χ4v) is 3.66. The molecule has 0 amide bonds. The molecule has 0 aliphatic carbocycles. The lowest BCUT2D eigenvalue weighted by Crippen LogP contribution is -2.32. The molecule has 1 aliphatic heterocycles. The van der Waals surface area contributed by atoms with Crippen molar-refractivity contribution in [3.63, 3.8) is 0 Å². The molecular weight excluding hydrogens is 258 g/mol. The molecule has 3 heterocycles. The van der Waals surface area contributed by atoms with Crippen LogP contribution in [-0.4, -0.2) is 16.6 Å². The molecule has 4 nitrogen and oxygen atoms in total. The van der Waals surface area contributed by atoms with E-state index in [9.17, 15) is 0 Å². The number of thiophene rings is 1. The molecule has 1 fully saturated rings. The molecule has 0 spiro atoms. The molecule has 102 valence electrons. The third-order valence-electron chi connectivity index (χ3n) is 4.00. The van der Waals surface area contributed by atoms with Crippen molar-refractivity contribution in [1.29, 1.82) is 0 Å². The Balaban J connectivity index is 2.15. The number of fused-ring (bicyclic) bond motifs is 1. The van der Waals surface area contributed by atoms with Gasteiger partial charge in [-0.25, -0.2) is 9.97 Å². The molecular formula is C14H19N3OS. The van der Waals surface area contributed by atoms with Crippen LogP contribution in [0.5, 0.6) is 0 Å². The molecule has 1 unspecified atom stereocenters. The minimum atomic E-state index is -0.383. The smallest absolute Gasteiger partial charge is 0.163 e. The van der Waals surface area contributed by atoms with Crippen molar-refractivity contribution in [1.82, 2.24) is 9.97 Å². The summed E-state index contributed by atoms with van der Waals surface area (Å²) in [5.41, 5.74) is 6.95. The minimum absolute atomic E-state index is 0.383. The van der Waals surface area contributed by atoms with Crippen LogP contribution >= 0.6 is 11.3 Å². The molecule has 19 heavy (non-hydrogen) atoms. The van der Waals surface area contributed by atoms with Gasteiger partial charge in [0.2, 0.25) is 0 Å². The number of aryl methyl sites for hydroxylation is 2. The maximum Gasteiger partial charge on any atom is 0.163 e. The second-order valence-electron chi connectivity index (χ2n) is 5.43. The number of nitrogens with zero attached hydrogens (tertiary/aromatic N) is 2. The Labute approximate surface area is 117 Å². The standard InChI is InChI=1S/C14H19N3OS/c1-8-9(2)19-12-10(8)11(15)16-13(17-12)14(3)6-4-5-7-18-14/h4-7H2,1-3H3,(H2,15,16,17). The van der Waals surface area contributed by atoms with E-state index < -0.39 is 0 Å². The molecule has 0 bridgehead atoms. The maximum absolute atomic E-state index is 6.14. The first-order valence-electron chi connectivity index (χ1n) is 6.69. The van der Waals surface area contributed by atoms with Crippen molar-refractivity contribution in [2.45, 2.75) is 45.6 Å². The number of rotatable bonds is 1. The van der Waals surface area contributed by atoms with Gasteiger partial charge in [-0.2, -0.15) is 0 Å². The van der Waals surface area contributed by atoms with Crippen LogP contribution in [0.25, 0.3) is 10.2 Å². The van der Waals surface area contributed by atoms with Gasteiger partial charge in [0.25, 0.3) is 0 Å². The van der Waals surface area contributed by atoms with Gasteiger partial charge in [0, 0.05) is 11.5 Å². The third-order valence-corrected chi connectivity index (χ3v) is 5.10. The zero-order valence-electron chi connectivity index (χ0n) is 11.6. The van der Waals surface area contributed by atoms with Crippen molar-refractivity contribution >= 4 is 27.4 Å². The zero-order chi connectivity index (χ0) is 13.6. The van der Waals surface area contributed by atoms with E-state index in [1.165, 1.54) is 10.4 Å². The van der Waals surface area contributed by atoms with Crippen LogP contribution in [0, 0.1) is 13.8 Å². The van der Waals surface area contributed by atoms with Gasteiger partial charge in [0.05, 0.1) is 5.39 Å². The lowest BCUT2D eigenvalue weighted by molar-refractivity contribution is -0.0757. The van der Waals surface area contributed by atoms with E-state index in [-0.39, 0.29) is 5.60 Å². The van der Waals surface area contributed by atoms with Gasteiger partial charge in [-0.1, -0.05) is 0 Å². The van der Waals surface area contributed by atoms with Crippen LogP contribution in [-0.2, 0) is 10.3 Å². The molecule has 3 rings (SSSR count). The van der Waals surface area contributed by atoms with Gasteiger partial charge >= 0.3 is 0 Å². The molecule has 5 heteroatoms. The number of ether oxygens (including phenoxy) is 1. The van der Waals surface area contributed by atoms with Crippen molar-refractivity contribution in [3.8, 4) is 0 Å². The number of nitrogen functional groups attached to an aromatic ring is 1. The van der Waals surface area contributed by atoms with Crippen LogP contribution in [0.2, 0.25) is 0 Å². The molecule has 2 N–H and O–H groups in total. The monoisotopic (exact) mass is 277 g/mol. The number of hydrogen-bond acceptors (Lipinski definition) is 5. The predicted octanol–water partition coefficient (Wildman–Crippen LogP) is 3.31. The fourth-order valence-electron chi connectivity index (χ4n) is 2.63. The lowest BCUT2D eigenvalue weighted by Gasteiger charge is -2.32. The molecule has 2 aromatic heterocycles. The summed E-state index contributed by atoms with van der Waals surface area (Å²) in [6.45, 7) is 7.02. The van der Waals surface area contributed by atoms with Gasteiger partial charge in [-0.3, -0.25) is 0 Å². The highest BCUT2D eigenvalue weighted by Gasteiger charge is 2.34. The quantitative estimate of drug-likeness (QED) is 0.868. The Morgan fingerprint density at radius 3 is 2.74 bits per heavy atom. The second kappa shape index (κ2) is 4.42. The van der Waals surface area contributed by atoms with E-state index in [0.717, 1.165) is 41.9 Å². The molecule has 2 aromatic rings. The average molecular weight is 277 g/mol. The Kier molecular flexibility index (Phi) is 2.98. The van der Waals surface area contributed by atoms with Crippen molar-refractivity contribution < 1.29 is 4.74 Å². The summed E-state index contributed by atoms with van der Waals surface area (Å²) in [4.78, 5) is 11.5.